The topological polar surface area (TPSA) is 29.3 Å². The van der Waals surface area contributed by atoms with Crippen molar-refractivity contribution in [3.8, 4) is 0 Å². The summed E-state index contributed by atoms with van der Waals surface area (Å²) in [5.41, 5.74) is 10.2. The molecule has 1 aliphatic rings. The Bertz CT molecular complexity index is 427. The number of nitrogens with two attached hydrogens (primary N) is 1. The number of likely N-dealkylation sites (tertiary alicyclic amines) is 1. The normalized spacial score (nSPS) is 26.4. The first kappa shape index (κ1) is 14.5. The molecule has 0 saturated carbocycles. The number of aryl methyl sites for hydroxylation is 2. The van der Waals surface area contributed by atoms with Gasteiger partial charge in [0.2, 0.25) is 0 Å². The van der Waals surface area contributed by atoms with Gasteiger partial charge in [0.05, 0.1) is 0 Å². The van der Waals surface area contributed by atoms with E-state index in [9.17, 15) is 0 Å². The van der Waals surface area contributed by atoms with Crippen LogP contribution in [0.2, 0.25) is 0 Å². The summed E-state index contributed by atoms with van der Waals surface area (Å²) in [6.07, 6.45) is 2.64. The molecule has 19 heavy (non-hydrogen) atoms. The third-order valence-electron chi connectivity index (χ3n) is 4.58. The average Bonchev–Trinajstić information content (AvgIpc) is 2.38. The minimum atomic E-state index is 0.373. The van der Waals surface area contributed by atoms with Gasteiger partial charge < -0.3 is 5.73 Å². The van der Waals surface area contributed by atoms with Crippen LogP contribution in [0.3, 0.4) is 0 Å². The predicted octanol–water partition coefficient (Wildman–Crippen LogP) is 3.42. The molecule has 106 valence electrons. The van der Waals surface area contributed by atoms with Crippen molar-refractivity contribution in [1.82, 2.24) is 4.90 Å². The van der Waals surface area contributed by atoms with Crippen molar-refractivity contribution >= 4 is 0 Å². The van der Waals surface area contributed by atoms with Gasteiger partial charge in [-0.05, 0) is 50.7 Å². The van der Waals surface area contributed by atoms with E-state index in [1.807, 2.05) is 0 Å². The van der Waals surface area contributed by atoms with Crippen molar-refractivity contribution < 1.29 is 0 Å². The first-order valence-electron chi connectivity index (χ1n) is 7.56. The van der Waals surface area contributed by atoms with Gasteiger partial charge in [-0.25, -0.2) is 0 Å². The number of hydrogen-bond donors (Lipinski definition) is 1. The van der Waals surface area contributed by atoms with Crippen molar-refractivity contribution in [2.24, 2.45) is 11.7 Å². The summed E-state index contributed by atoms with van der Waals surface area (Å²) in [6, 6.07) is 7.75. The lowest BCUT2D eigenvalue weighted by Gasteiger charge is -2.42. The Morgan fingerprint density at radius 3 is 2.68 bits per heavy atom. The first-order chi connectivity index (χ1) is 9.02. The van der Waals surface area contributed by atoms with Crippen molar-refractivity contribution in [3.05, 3.63) is 34.9 Å². The van der Waals surface area contributed by atoms with Crippen molar-refractivity contribution in [1.29, 1.82) is 0 Å². The zero-order chi connectivity index (χ0) is 14.0. The largest absolute Gasteiger partial charge is 0.329 e. The van der Waals surface area contributed by atoms with E-state index in [0.29, 0.717) is 18.6 Å². The molecule has 3 atom stereocenters. The molecule has 2 heteroatoms. The van der Waals surface area contributed by atoms with E-state index in [1.54, 1.807) is 0 Å². The quantitative estimate of drug-likeness (QED) is 0.902. The highest BCUT2D eigenvalue weighted by atomic mass is 15.2. The summed E-state index contributed by atoms with van der Waals surface area (Å²) < 4.78 is 0. The second kappa shape index (κ2) is 6.06. The fraction of sp³-hybridized carbons (Fsp3) is 0.647. The Morgan fingerprint density at radius 2 is 2.00 bits per heavy atom. The Kier molecular flexibility index (Phi) is 4.64. The minimum absolute atomic E-state index is 0.373. The summed E-state index contributed by atoms with van der Waals surface area (Å²) in [7, 11) is 0. The van der Waals surface area contributed by atoms with Crippen molar-refractivity contribution in [3.63, 3.8) is 0 Å². The van der Waals surface area contributed by atoms with Crippen LogP contribution in [0.15, 0.2) is 18.2 Å². The molecule has 1 aliphatic heterocycles. The van der Waals surface area contributed by atoms with Crippen LogP contribution in [0.5, 0.6) is 0 Å². The summed E-state index contributed by atoms with van der Waals surface area (Å²) >= 11 is 0. The number of hydrogen-bond acceptors (Lipinski definition) is 2. The Balaban J connectivity index is 2.30. The van der Waals surface area contributed by atoms with Gasteiger partial charge in [0.25, 0.3) is 0 Å². The lowest BCUT2D eigenvalue weighted by Crippen LogP contribution is -2.45. The van der Waals surface area contributed by atoms with E-state index in [1.165, 1.54) is 36.1 Å². The molecule has 1 fully saturated rings. The Labute approximate surface area is 118 Å². The molecule has 0 aliphatic carbocycles. The Hall–Kier alpha value is -0.860. The van der Waals surface area contributed by atoms with E-state index >= 15 is 0 Å². The SMILES string of the molecule is Cc1ccc(C)c(C(CN)N2CC(C)CCC2C)c1. The maximum absolute atomic E-state index is 6.12. The Morgan fingerprint density at radius 1 is 1.26 bits per heavy atom. The van der Waals surface area contributed by atoms with Crippen LogP contribution in [-0.2, 0) is 0 Å². The molecule has 1 aromatic carbocycles. The molecule has 0 amide bonds. The number of rotatable bonds is 3. The molecule has 0 radical (unpaired) electrons. The molecule has 1 heterocycles. The maximum atomic E-state index is 6.12. The van der Waals surface area contributed by atoms with Crippen molar-refractivity contribution in [2.75, 3.05) is 13.1 Å². The summed E-state index contributed by atoms with van der Waals surface area (Å²) in [5, 5.41) is 0. The molecule has 2 nitrogen and oxygen atoms in total. The van der Waals surface area contributed by atoms with E-state index < -0.39 is 0 Å². The third kappa shape index (κ3) is 3.18. The summed E-state index contributed by atoms with van der Waals surface area (Å²) in [4.78, 5) is 2.62. The third-order valence-corrected chi connectivity index (χ3v) is 4.58. The van der Waals surface area contributed by atoms with Gasteiger partial charge in [-0.1, -0.05) is 30.7 Å². The van der Waals surface area contributed by atoms with Gasteiger partial charge in [0.15, 0.2) is 0 Å². The smallest absolute Gasteiger partial charge is 0.0476 e. The molecule has 0 aromatic heterocycles. The molecular formula is C17H28N2. The van der Waals surface area contributed by atoms with Gasteiger partial charge in [-0.3, -0.25) is 4.90 Å². The van der Waals surface area contributed by atoms with Crippen LogP contribution in [-0.4, -0.2) is 24.0 Å². The van der Waals surface area contributed by atoms with Gasteiger partial charge in [-0.15, -0.1) is 0 Å². The average molecular weight is 260 g/mol. The van der Waals surface area contributed by atoms with E-state index in [4.69, 9.17) is 5.73 Å². The van der Waals surface area contributed by atoms with Gasteiger partial charge in [0, 0.05) is 25.2 Å². The fourth-order valence-electron chi connectivity index (χ4n) is 3.32. The second-order valence-corrected chi connectivity index (χ2v) is 6.34. The highest BCUT2D eigenvalue weighted by Gasteiger charge is 2.29. The number of benzene rings is 1. The molecule has 0 bridgehead atoms. The fourth-order valence-corrected chi connectivity index (χ4v) is 3.32. The first-order valence-corrected chi connectivity index (χ1v) is 7.56. The van der Waals surface area contributed by atoms with Crippen LogP contribution in [0, 0.1) is 19.8 Å². The van der Waals surface area contributed by atoms with Gasteiger partial charge >= 0.3 is 0 Å². The van der Waals surface area contributed by atoms with E-state index in [0.717, 1.165) is 5.92 Å². The van der Waals surface area contributed by atoms with Crippen molar-refractivity contribution in [2.45, 2.75) is 52.6 Å². The minimum Gasteiger partial charge on any atom is -0.329 e. The van der Waals surface area contributed by atoms with E-state index in [2.05, 4.69) is 50.8 Å². The van der Waals surface area contributed by atoms with Crippen LogP contribution in [0.1, 0.15) is 49.4 Å². The van der Waals surface area contributed by atoms with Crippen LogP contribution < -0.4 is 5.73 Å². The monoisotopic (exact) mass is 260 g/mol. The van der Waals surface area contributed by atoms with Gasteiger partial charge in [-0.2, -0.15) is 0 Å². The molecule has 1 aromatic rings. The van der Waals surface area contributed by atoms with Crippen LogP contribution >= 0.6 is 0 Å². The predicted molar refractivity (Wildman–Crippen MR) is 82.3 cm³/mol. The molecular weight excluding hydrogens is 232 g/mol. The number of piperidine rings is 1. The highest BCUT2D eigenvalue weighted by molar-refractivity contribution is 5.33. The van der Waals surface area contributed by atoms with Crippen LogP contribution in [0.4, 0.5) is 0 Å². The highest BCUT2D eigenvalue weighted by Crippen LogP contribution is 2.31. The molecule has 2 rings (SSSR count). The summed E-state index contributed by atoms with van der Waals surface area (Å²) in [5.74, 6) is 0.787. The molecule has 0 spiro atoms. The zero-order valence-electron chi connectivity index (χ0n) is 12.8. The molecule has 3 unspecified atom stereocenters. The molecule has 1 saturated heterocycles. The lowest BCUT2D eigenvalue weighted by atomic mass is 9.90. The van der Waals surface area contributed by atoms with E-state index in [-0.39, 0.29) is 0 Å². The second-order valence-electron chi connectivity index (χ2n) is 6.34. The molecule has 2 N–H and O–H groups in total. The van der Waals surface area contributed by atoms with Crippen LogP contribution in [0.25, 0.3) is 0 Å². The standard InChI is InChI=1S/C17H28N2/c1-12-5-7-14(3)16(9-12)17(10-18)19-11-13(2)6-8-15(19)4/h5,7,9,13,15,17H,6,8,10-11,18H2,1-4H3. The zero-order valence-corrected chi connectivity index (χ0v) is 12.8. The lowest BCUT2D eigenvalue weighted by molar-refractivity contribution is 0.0795. The number of nitrogens with zero attached hydrogens (tertiary/aromatic N) is 1. The summed E-state index contributed by atoms with van der Waals surface area (Å²) in [6.45, 7) is 11.0. The van der Waals surface area contributed by atoms with Gasteiger partial charge in [0.1, 0.15) is 0 Å². The maximum Gasteiger partial charge on any atom is 0.0476 e.